The van der Waals surface area contributed by atoms with Crippen molar-refractivity contribution in [2.75, 3.05) is 0 Å². The Morgan fingerprint density at radius 3 is 2.00 bits per heavy atom. The Kier molecular flexibility index (Phi) is 4.58. The molecular formula is C37H22N2O2. The van der Waals surface area contributed by atoms with E-state index in [9.17, 15) is 0 Å². The molecule has 0 aliphatic carbocycles. The molecule has 0 atom stereocenters. The lowest BCUT2D eigenvalue weighted by Crippen LogP contribution is -1.89. The molecule has 5 aromatic carbocycles. The minimum absolute atomic E-state index is 0.836. The third-order valence-electron chi connectivity index (χ3n) is 8.04. The molecule has 192 valence electrons. The molecule has 0 aliphatic heterocycles. The molecule has 0 unspecified atom stereocenters. The molecular weight excluding hydrogens is 504 g/mol. The van der Waals surface area contributed by atoms with E-state index in [4.69, 9.17) is 13.8 Å². The molecule has 0 fully saturated rings. The number of furan rings is 2. The van der Waals surface area contributed by atoms with Crippen LogP contribution >= 0.6 is 0 Å². The Labute approximate surface area is 234 Å². The van der Waals surface area contributed by atoms with Crippen LogP contribution in [0.1, 0.15) is 0 Å². The van der Waals surface area contributed by atoms with Crippen molar-refractivity contribution in [1.82, 2.24) is 9.38 Å². The van der Waals surface area contributed by atoms with Crippen LogP contribution in [-0.4, -0.2) is 9.38 Å². The molecule has 0 radical (unpaired) electrons. The number of rotatable bonds is 3. The van der Waals surface area contributed by atoms with Gasteiger partial charge >= 0.3 is 0 Å². The summed E-state index contributed by atoms with van der Waals surface area (Å²) in [5.41, 5.74) is 10.7. The fourth-order valence-corrected chi connectivity index (χ4v) is 6.16. The summed E-state index contributed by atoms with van der Waals surface area (Å²) in [5, 5.41) is 4.26. The number of pyridine rings is 1. The van der Waals surface area contributed by atoms with E-state index in [0.717, 1.165) is 83.2 Å². The van der Waals surface area contributed by atoms with Gasteiger partial charge in [-0.25, -0.2) is 4.98 Å². The fourth-order valence-electron chi connectivity index (χ4n) is 6.16. The molecule has 0 N–H and O–H groups in total. The van der Waals surface area contributed by atoms with Gasteiger partial charge in [0.25, 0.3) is 0 Å². The highest BCUT2D eigenvalue weighted by Gasteiger charge is 2.21. The van der Waals surface area contributed by atoms with E-state index in [1.165, 1.54) is 0 Å². The third kappa shape index (κ3) is 3.25. The number of hydrogen-bond donors (Lipinski definition) is 0. The Bertz CT molecular complexity index is 2410. The van der Waals surface area contributed by atoms with Crippen LogP contribution in [0.3, 0.4) is 0 Å². The van der Waals surface area contributed by atoms with Gasteiger partial charge in [0.05, 0.1) is 16.8 Å². The van der Waals surface area contributed by atoms with Crippen LogP contribution in [0.15, 0.2) is 142 Å². The zero-order valence-electron chi connectivity index (χ0n) is 21.9. The first kappa shape index (κ1) is 22.2. The zero-order chi connectivity index (χ0) is 26.9. The second kappa shape index (κ2) is 8.44. The van der Waals surface area contributed by atoms with E-state index in [1.807, 2.05) is 54.6 Å². The largest absolute Gasteiger partial charge is 0.455 e. The molecule has 0 aliphatic rings. The topological polar surface area (TPSA) is 43.6 Å². The minimum Gasteiger partial charge on any atom is -0.455 e. The maximum absolute atomic E-state index is 6.50. The molecule has 4 nitrogen and oxygen atoms in total. The smallest absolute Gasteiger partial charge is 0.147 e. The molecule has 9 rings (SSSR count). The lowest BCUT2D eigenvalue weighted by atomic mass is 9.97. The van der Waals surface area contributed by atoms with Crippen LogP contribution in [0, 0.1) is 0 Å². The maximum atomic E-state index is 6.50. The van der Waals surface area contributed by atoms with E-state index in [-0.39, 0.29) is 0 Å². The molecule has 4 heteroatoms. The summed E-state index contributed by atoms with van der Waals surface area (Å²) in [6, 6.07) is 43.8. The van der Waals surface area contributed by atoms with Crippen LogP contribution < -0.4 is 0 Å². The summed E-state index contributed by atoms with van der Waals surface area (Å²) in [7, 11) is 0. The highest BCUT2D eigenvalue weighted by Crippen LogP contribution is 2.44. The predicted molar refractivity (Wildman–Crippen MR) is 166 cm³/mol. The molecule has 41 heavy (non-hydrogen) atoms. The fraction of sp³-hybridized carbons (Fsp3) is 0. The summed E-state index contributed by atoms with van der Waals surface area (Å²) in [4.78, 5) is 5.04. The van der Waals surface area contributed by atoms with E-state index >= 15 is 0 Å². The van der Waals surface area contributed by atoms with E-state index < -0.39 is 0 Å². The molecule has 0 saturated heterocycles. The van der Waals surface area contributed by atoms with Gasteiger partial charge in [-0.3, -0.25) is 4.40 Å². The van der Waals surface area contributed by atoms with Crippen molar-refractivity contribution in [2.45, 2.75) is 0 Å². The molecule has 4 aromatic heterocycles. The first-order valence-corrected chi connectivity index (χ1v) is 13.7. The van der Waals surface area contributed by atoms with Crippen molar-refractivity contribution in [2.24, 2.45) is 0 Å². The Morgan fingerprint density at radius 1 is 0.512 bits per heavy atom. The van der Waals surface area contributed by atoms with Gasteiger partial charge in [-0.15, -0.1) is 0 Å². The van der Waals surface area contributed by atoms with Crippen molar-refractivity contribution < 1.29 is 8.83 Å². The predicted octanol–water partition coefficient (Wildman–Crippen LogP) is 10.1. The second-order valence-corrected chi connectivity index (χ2v) is 10.4. The Hall–Kier alpha value is -5.61. The normalized spacial score (nSPS) is 11.9. The highest BCUT2D eigenvalue weighted by molar-refractivity contribution is 6.25. The Morgan fingerprint density at radius 2 is 1.17 bits per heavy atom. The first-order chi connectivity index (χ1) is 20.3. The number of fused-ring (bicyclic) bond motifs is 8. The molecule has 0 bridgehead atoms. The monoisotopic (exact) mass is 526 g/mol. The lowest BCUT2D eigenvalue weighted by molar-refractivity contribution is 0.663. The van der Waals surface area contributed by atoms with Gasteiger partial charge in [-0.2, -0.15) is 0 Å². The summed E-state index contributed by atoms with van der Waals surface area (Å²) >= 11 is 0. The summed E-state index contributed by atoms with van der Waals surface area (Å²) in [6.07, 6.45) is 2.07. The molecule has 0 spiro atoms. The number of hydrogen-bond acceptors (Lipinski definition) is 3. The third-order valence-corrected chi connectivity index (χ3v) is 8.04. The number of aromatic nitrogens is 2. The maximum Gasteiger partial charge on any atom is 0.147 e. The number of imidazole rings is 1. The van der Waals surface area contributed by atoms with Crippen LogP contribution in [0.5, 0.6) is 0 Å². The minimum atomic E-state index is 0.836. The second-order valence-electron chi connectivity index (χ2n) is 10.4. The van der Waals surface area contributed by atoms with E-state index in [2.05, 4.69) is 83.4 Å². The van der Waals surface area contributed by atoms with Crippen molar-refractivity contribution >= 4 is 49.5 Å². The van der Waals surface area contributed by atoms with Gasteiger partial charge in [-0.1, -0.05) is 97.1 Å². The van der Waals surface area contributed by atoms with Crippen LogP contribution in [0.25, 0.3) is 83.2 Å². The number of para-hydroxylation sites is 2. The van der Waals surface area contributed by atoms with Crippen molar-refractivity contribution in [1.29, 1.82) is 0 Å². The standard InChI is InChI=1S/C37H22N2O2/c1-2-10-25(11-3-1)35-34(38-32-16-8-9-21-39(32)35)24-19-17-23(18-20-24)28-22-29-26-12-4-6-14-30(26)40-37(29)33-27-13-5-7-15-31(27)41-36(28)33/h1-22H. The lowest BCUT2D eigenvalue weighted by Gasteiger charge is -2.08. The van der Waals surface area contributed by atoms with E-state index in [1.54, 1.807) is 0 Å². The average molecular weight is 527 g/mol. The first-order valence-electron chi connectivity index (χ1n) is 13.7. The quantitative estimate of drug-likeness (QED) is 0.230. The van der Waals surface area contributed by atoms with Gasteiger partial charge in [-0.05, 0) is 35.9 Å². The van der Waals surface area contributed by atoms with Gasteiger partial charge in [0.15, 0.2) is 0 Å². The zero-order valence-corrected chi connectivity index (χ0v) is 21.9. The average Bonchev–Trinajstić information content (AvgIpc) is 3.72. The van der Waals surface area contributed by atoms with Gasteiger partial charge in [0.2, 0.25) is 0 Å². The molecule has 0 saturated carbocycles. The van der Waals surface area contributed by atoms with Crippen molar-refractivity contribution in [3.8, 4) is 33.6 Å². The van der Waals surface area contributed by atoms with Gasteiger partial charge in [0.1, 0.15) is 28.0 Å². The summed E-state index contributed by atoms with van der Waals surface area (Å²) < 4.78 is 15.1. The van der Waals surface area contributed by atoms with Crippen LogP contribution in [0.4, 0.5) is 0 Å². The summed E-state index contributed by atoms with van der Waals surface area (Å²) in [6.45, 7) is 0. The van der Waals surface area contributed by atoms with Crippen LogP contribution in [0.2, 0.25) is 0 Å². The van der Waals surface area contributed by atoms with Crippen LogP contribution in [-0.2, 0) is 0 Å². The number of nitrogens with zero attached hydrogens (tertiary/aromatic N) is 2. The van der Waals surface area contributed by atoms with Gasteiger partial charge in [0, 0.05) is 39.0 Å². The van der Waals surface area contributed by atoms with Crippen molar-refractivity contribution in [3.63, 3.8) is 0 Å². The summed E-state index contributed by atoms with van der Waals surface area (Å²) in [5.74, 6) is 0. The van der Waals surface area contributed by atoms with E-state index in [0.29, 0.717) is 0 Å². The molecule has 4 heterocycles. The highest BCUT2D eigenvalue weighted by atomic mass is 16.3. The molecule has 0 amide bonds. The van der Waals surface area contributed by atoms with Gasteiger partial charge < -0.3 is 8.83 Å². The molecule has 9 aromatic rings. The number of benzene rings is 5. The Balaban J connectivity index is 1.28. The van der Waals surface area contributed by atoms with Crippen molar-refractivity contribution in [3.05, 3.63) is 134 Å². The SMILES string of the molecule is c1ccc(-c2c(-c3ccc(-c4cc5c6ccccc6oc5c5c4oc4ccccc45)cc3)nc3ccccn23)cc1.